The zero-order valence-electron chi connectivity index (χ0n) is 14.0. The summed E-state index contributed by atoms with van der Waals surface area (Å²) in [4.78, 5) is 38.1. The number of amides is 2. The Morgan fingerprint density at radius 2 is 2.11 bits per heavy atom. The number of carbonyl (C=O) groups is 2. The highest BCUT2D eigenvalue weighted by molar-refractivity contribution is 6.03. The Morgan fingerprint density at radius 1 is 1.22 bits per heavy atom. The van der Waals surface area contributed by atoms with E-state index >= 15 is 0 Å². The molecule has 9 nitrogen and oxygen atoms in total. The lowest BCUT2D eigenvalue weighted by molar-refractivity contribution is -0.122. The first-order valence-corrected chi connectivity index (χ1v) is 8.14. The smallest absolute Gasteiger partial charge is 0.230 e. The van der Waals surface area contributed by atoms with Crippen molar-refractivity contribution in [2.75, 3.05) is 16.8 Å². The minimum absolute atomic E-state index is 0.0450. The number of nitrogens with one attached hydrogen (secondary N) is 1. The Bertz CT molecular complexity index is 992. The topological polar surface area (TPSA) is 106 Å². The van der Waals surface area contributed by atoms with Crippen LogP contribution in [0, 0.1) is 11.7 Å². The van der Waals surface area contributed by atoms with Crippen LogP contribution in [0.25, 0.3) is 5.82 Å². The summed E-state index contributed by atoms with van der Waals surface area (Å²) in [6.45, 7) is 0.176. The van der Waals surface area contributed by atoms with Crippen molar-refractivity contribution < 1.29 is 14.0 Å². The van der Waals surface area contributed by atoms with E-state index in [0.717, 1.165) is 0 Å². The Balaban J connectivity index is 1.46. The van der Waals surface area contributed by atoms with Crippen molar-refractivity contribution in [3.63, 3.8) is 0 Å². The van der Waals surface area contributed by atoms with Crippen molar-refractivity contribution in [2.24, 2.45) is 5.92 Å². The van der Waals surface area contributed by atoms with E-state index in [1.54, 1.807) is 12.1 Å². The maximum Gasteiger partial charge on any atom is 0.230 e. The molecule has 4 rings (SSSR count). The van der Waals surface area contributed by atoms with Gasteiger partial charge >= 0.3 is 0 Å². The molecular formula is C17H14FN7O2. The predicted octanol–water partition coefficient (Wildman–Crippen LogP) is 1.19. The molecule has 0 spiro atoms. The molecule has 0 radical (unpaired) electrons. The summed E-state index contributed by atoms with van der Waals surface area (Å²) in [6, 6.07) is 7.28. The van der Waals surface area contributed by atoms with Crippen LogP contribution in [0.5, 0.6) is 0 Å². The lowest BCUT2D eigenvalue weighted by Gasteiger charge is -2.16. The van der Waals surface area contributed by atoms with Gasteiger partial charge in [-0.3, -0.25) is 9.59 Å². The fourth-order valence-corrected chi connectivity index (χ4v) is 2.87. The quantitative estimate of drug-likeness (QED) is 0.742. The van der Waals surface area contributed by atoms with Crippen molar-refractivity contribution in [3.8, 4) is 5.82 Å². The van der Waals surface area contributed by atoms with Gasteiger partial charge in [0.1, 0.15) is 30.6 Å². The molecule has 1 saturated heterocycles. The second-order valence-electron chi connectivity index (χ2n) is 5.98. The molecular weight excluding hydrogens is 353 g/mol. The Kier molecular flexibility index (Phi) is 4.29. The molecule has 10 heteroatoms. The molecule has 1 unspecified atom stereocenters. The molecule has 1 fully saturated rings. The molecule has 1 aliphatic rings. The summed E-state index contributed by atoms with van der Waals surface area (Å²) in [5.41, 5.74) is 0.436. The molecule has 2 aromatic heterocycles. The predicted molar refractivity (Wildman–Crippen MR) is 92.4 cm³/mol. The van der Waals surface area contributed by atoms with E-state index in [9.17, 15) is 14.0 Å². The standard InChI is InChI=1S/C17H14FN7O2/c18-12-2-1-3-13(5-12)24-7-11(4-16(24)26)17(27)23-14-6-15(21-9-20-14)25-10-19-8-22-25/h1-3,5-6,8-11H,4,7H2,(H,20,21,23,27). The zero-order valence-corrected chi connectivity index (χ0v) is 14.0. The van der Waals surface area contributed by atoms with Gasteiger partial charge < -0.3 is 10.2 Å². The maximum atomic E-state index is 13.4. The second kappa shape index (κ2) is 6.90. The summed E-state index contributed by atoms with van der Waals surface area (Å²) in [5, 5.41) is 6.65. The first-order valence-electron chi connectivity index (χ1n) is 8.14. The van der Waals surface area contributed by atoms with Crippen molar-refractivity contribution in [3.05, 3.63) is 55.1 Å². The third kappa shape index (κ3) is 3.50. The fourth-order valence-electron chi connectivity index (χ4n) is 2.87. The van der Waals surface area contributed by atoms with Crippen molar-refractivity contribution in [1.29, 1.82) is 0 Å². The van der Waals surface area contributed by atoms with Crippen LogP contribution in [0.4, 0.5) is 15.9 Å². The first-order chi connectivity index (χ1) is 13.1. The van der Waals surface area contributed by atoms with Gasteiger partial charge in [-0.1, -0.05) is 6.07 Å². The van der Waals surface area contributed by atoms with Gasteiger partial charge in [-0.15, -0.1) is 0 Å². The molecule has 3 aromatic rings. The summed E-state index contributed by atoms with van der Waals surface area (Å²) < 4.78 is 14.8. The average Bonchev–Trinajstić information content (AvgIpc) is 3.32. The van der Waals surface area contributed by atoms with Gasteiger partial charge in [0.25, 0.3) is 0 Å². The highest BCUT2D eigenvalue weighted by Gasteiger charge is 2.35. The van der Waals surface area contributed by atoms with E-state index in [1.165, 1.54) is 46.8 Å². The molecule has 1 atom stereocenters. The number of aromatic nitrogens is 5. The van der Waals surface area contributed by atoms with E-state index in [0.29, 0.717) is 11.5 Å². The van der Waals surface area contributed by atoms with E-state index in [1.807, 2.05) is 0 Å². The van der Waals surface area contributed by atoms with Crippen LogP contribution in [-0.4, -0.2) is 43.1 Å². The molecule has 1 aliphatic heterocycles. The summed E-state index contributed by atoms with van der Waals surface area (Å²) in [7, 11) is 0. The summed E-state index contributed by atoms with van der Waals surface area (Å²) in [6.07, 6.45) is 4.18. The number of benzene rings is 1. The highest BCUT2D eigenvalue weighted by Crippen LogP contribution is 2.26. The number of carbonyl (C=O) groups excluding carboxylic acids is 2. The molecule has 136 valence electrons. The third-order valence-electron chi connectivity index (χ3n) is 4.17. The minimum atomic E-state index is -0.564. The van der Waals surface area contributed by atoms with Gasteiger partial charge in [-0.25, -0.2) is 24.0 Å². The monoisotopic (exact) mass is 367 g/mol. The maximum absolute atomic E-state index is 13.4. The van der Waals surface area contributed by atoms with Gasteiger partial charge in [-0.2, -0.15) is 5.10 Å². The average molecular weight is 367 g/mol. The van der Waals surface area contributed by atoms with E-state index in [2.05, 4.69) is 25.4 Å². The molecule has 1 aromatic carbocycles. The molecule has 27 heavy (non-hydrogen) atoms. The van der Waals surface area contributed by atoms with Crippen LogP contribution in [0.2, 0.25) is 0 Å². The lowest BCUT2D eigenvalue weighted by Crippen LogP contribution is -2.28. The van der Waals surface area contributed by atoms with Crippen LogP contribution in [0.1, 0.15) is 6.42 Å². The molecule has 2 amide bonds. The molecule has 0 bridgehead atoms. The van der Waals surface area contributed by atoms with Crippen LogP contribution >= 0.6 is 0 Å². The Hall–Kier alpha value is -3.69. The second-order valence-corrected chi connectivity index (χ2v) is 5.98. The van der Waals surface area contributed by atoms with Crippen molar-refractivity contribution in [1.82, 2.24) is 24.7 Å². The number of halogens is 1. The number of rotatable bonds is 4. The minimum Gasteiger partial charge on any atom is -0.311 e. The third-order valence-corrected chi connectivity index (χ3v) is 4.17. The lowest BCUT2D eigenvalue weighted by atomic mass is 10.1. The molecule has 1 N–H and O–H groups in total. The van der Waals surface area contributed by atoms with E-state index < -0.39 is 11.7 Å². The first kappa shape index (κ1) is 16.8. The van der Waals surface area contributed by atoms with Gasteiger partial charge in [0.05, 0.1) is 5.92 Å². The SMILES string of the molecule is O=C(Nc1cc(-n2cncn2)ncn1)C1CC(=O)N(c2cccc(F)c2)C1. The summed E-state index contributed by atoms with van der Waals surface area (Å²) >= 11 is 0. The van der Waals surface area contributed by atoms with Gasteiger partial charge in [-0.05, 0) is 18.2 Å². The van der Waals surface area contributed by atoms with Crippen molar-refractivity contribution in [2.45, 2.75) is 6.42 Å². The van der Waals surface area contributed by atoms with E-state index in [-0.39, 0.29) is 30.6 Å². The van der Waals surface area contributed by atoms with Gasteiger partial charge in [0, 0.05) is 24.7 Å². The molecule has 3 heterocycles. The molecule has 0 aliphatic carbocycles. The fraction of sp³-hybridized carbons (Fsp3) is 0.176. The number of nitrogens with zero attached hydrogens (tertiary/aromatic N) is 6. The molecule has 0 saturated carbocycles. The van der Waals surface area contributed by atoms with Crippen LogP contribution in [0.15, 0.2) is 49.3 Å². The van der Waals surface area contributed by atoms with Gasteiger partial charge in [0.15, 0.2) is 5.82 Å². The Labute approximate surface area is 152 Å². The van der Waals surface area contributed by atoms with Crippen LogP contribution in [0.3, 0.4) is 0 Å². The highest BCUT2D eigenvalue weighted by atomic mass is 19.1. The van der Waals surface area contributed by atoms with Crippen molar-refractivity contribution >= 4 is 23.3 Å². The number of hydrogen-bond donors (Lipinski definition) is 1. The number of hydrogen-bond acceptors (Lipinski definition) is 6. The largest absolute Gasteiger partial charge is 0.311 e. The van der Waals surface area contributed by atoms with Crippen LogP contribution < -0.4 is 10.2 Å². The summed E-state index contributed by atoms with van der Waals surface area (Å²) in [5.74, 6) is -0.837. The normalized spacial score (nSPS) is 16.6. The van der Waals surface area contributed by atoms with E-state index in [4.69, 9.17) is 0 Å². The van der Waals surface area contributed by atoms with Gasteiger partial charge in [0.2, 0.25) is 11.8 Å². The Morgan fingerprint density at radius 3 is 2.89 bits per heavy atom. The van der Waals surface area contributed by atoms with Crippen LogP contribution in [-0.2, 0) is 9.59 Å². The number of anilines is 2. The zero-order chi connectivity index (χ0) is 18.8.